The number of hydrogen-bond acceptors (Lipinski definition) is 6. The molecule has 2 heterocycles. The minimum absolute atomic E-state index is 0.0175. The van der Waals surface area contributed by atoms with E-state index in [0.29, 0.717) is 16.8 Å². The van der Waals surface area contributed by atoms with Gasteiger partial charge in [0.2, 0.25) is 5.82 Å². The van der Waals surface area contributed by atoms with Crippen LogP contribution < -0.4 is 4.90 Å². The van der Waals surface area contributed by atoms with E-state index in [-0.39, 0.29) is 5.69 Å². The predicted octanol–water partition coefficient (Wildman–Crippen LogP) is 1.52. The maximum atomic E-state index is 11.1. The largest absolute Gasteiger partial charge is 0.379 e. The van der Waals surface area contributed by atoms with E-state index in [9.17, 15) is 10.1 Å². The number of anilines is 1. The number of nitrogens with zero attached hydrogens (tertiary/aromatic N) is 4. The molecule has 1 saturated heterocycles. The first kappa shape index (κ1) is 15.1. The molecule has 0 atom stereocenters. The molecule has 1 aliphatic heterocycles. The molecule has 2 rings (SSSR count). The second-order valence-electron chi connectivity index (χ2n) is 4.63. The number of ether oxygens (including phenoxy) is 1. The number of nitro groups is 1. The smallest absolute Gasteiger partial charge is 0.312 e. The Morgan fingerprint density at radius 3 is 2.90 bits per heavy atom. The quantitative estimate of drug-likeness (QED) is 0.595. The van der Waals surface area contributed by atoms with E-state index in [4.69, 9.17) is 4.74 Å². The van der Waals surface area contributed by atoms with Crippen LogP contribution in [0.15, 0.2) is 16.7 Å². The molecule has 0 N–H and O–H groups in total. The lowest BCUT2D eigenvalue weighted by atomic mass is 10.3. The first-order valence-corrected chi connectivity index (χ1v) is 7.18. The van der Waals surface area contributed by atoms with Gasteiger partial charge in [-0.15, -0.1) is 0 Å². The van der Waals surface area contributed by atoms with Crippen molar-refractivity contribution in [2.75, 3.05) is 51.3 Å². The Labute approximate surface area is 125 Å². The topological polar surface area (TPSA) is 71.7 Å². The molecule has 20 heavy (non-hydrogen) atoms. The summed E-state index contributed by atoms with van der Waals surface area (Å²) in [5.74, 6) is 0.395. The van der Waals surface area contributed by atoms with Crippen molar-refractivity contribution in [3.63, 3.8) is 0 Å². The number of likely N-dealkylation sites (N-methyl/N-ethyl adjacent to an activating group) is 1. The standard InChI is InChI=1S/C12H17BrN4O3/c1-15(2-3-16-4-6-20-7-5-16)12-11(17(18)19)8-10(13)9-14-12/h8-9H,2-7H2,1H3. The lowest BCUT2D eigenvalue weighted by molar-refractivity contribution is -0.384. The first-order valence-electron chi connectivity index (χ1n) is 6.39. The van der Waals surface area contributed by atoms with Gasteiger partial charge in [-0.05, 0) is 15.9 Å². The zero-order valence-electron chi connectivity index (χ0n) is 11.3. The van der Waals surface area contributed by atoms with Gasteiger partial charge < -0.3 is 9.64 Å². The van der Waals surface area contributed by atoms with Crippen molar-refractivity contribution in [2.45, 2.75) is 0 Å². The van der Waals surface area contributed by atoms with Gasteiger partial charge >= 0.3 is 5.69 Å². The summed E-state index contributed by atoms with van der Waals surface area (Å²) in [6.45, 7) is 4.85. The van der Waals surface area contributed by atoms with Gasteiger partial charge in [0.25, 0.3) is 0 Å². The SMILES string of the molecule is CN(CCN1CCOCC1)c1ncc(Br)cc1[N+](=O)[O-]. The van der Waals surface area contributed by atoms with Crippen molar-refractivity contribution in [3.05, 3.63) is 26.9 Å². The maximum absolute atomic E-state index is 11.1. The minimum atomic E-state index is -0.404. The van der Waals surface area contributed by atoms with Gasteiger partial charge in [-0.2, -0.15) is 0 Å². The minimum Gasteiger partial charge on any atom is -0.379 e. The molecule has 1 aromatic rings. The Hall–Kier alpha value is -1.25. The lowest BCUT2D eigenvalue weighted by Gasteiger charge is -2.28. The Bertz CT molecular complexity index is 480. The molecule has 7 nitrogen and oxygen atoms in total. The van der Waals surface area contributed by atoms with E-state index in [1.807, 2.05) is 11.9 Å². The molecule has 0 spiro atoms. The lowest BCUT2D eigenvalue weighted by Crippen LogP contribution is -2.40. The van der Waals surface area contributed by atoms with E-state index in [1.54, 1.807) is 6.20 Å². The molecular weight excluding hydrogens is 328 g/mol. The fourth-order valence-electron chi connectivity index (χ4n) is 2.07. The van der Waals surface area contributed by atoms with Crippen LogP contribution in [0.4, 0.5) is 11.5 Å². The molecule has 1 aliphatic rings. The van der Waals surface area contributed by atoms with Crippen molar-refractivity contribution in [1.82, 2.24) is 9.88 Å². The zero-order chi connectivity index (χ0) is 14.5. The van der Waals surface area contributed by atoms with Crippen LogP contribution >= 0.6 is 15.9 Å². The van der Waals surface area contributed by atoms with Crippen LogP contribution in [0.2, 0.25) is 0 Å². The van der Waals surface area contributed by atoms with Crippen LogP contribution in [0.25, 0.3) is 0 Å². The van der Waals surface area contributed by atoms with Crippen molar-refractivity contribution in [2.24, 2.45) is 0 Å². The third-order valence-corrected chi connectivity index (χ3v) is 3.66. The molecule has 0 aromatic carbocycles. The predicted molar refractivity (Wildman–Crippen MR) is 79.1 cm³/mol. The van der Waals surface area contributed by atoms with Crippen molar-refractivity contribution < 1.29 is 9.66 Å². The molecule has 110 valence electrons. The summed E-state index contributed by atoms with van der Waals surface area (Å²) >= 11 is 3.21. The van der Waals surface area contributed by atoms with Gasteiger partial charge in [-0.25, -0.2) is 4.98 Å². The molecule has 0 aliphatic carbocycles. The summed E-state index contributed by atoms with van der Waals surface area (Å²) in [6, 6.07) is 1.48. The summed E-state index contributed by atoms with van der Waals surface area (Å²) in [5, 5.41) is 11.1. The normalized spacial score (nSPS) is 16.1. The third-order valence-electron chi connectivity index (χ3n) is 3.23. The fraction of sp³-hybridized carbons (Fsp3) is 0.583. The fourth-order valence-corrected chi connectivity index (χ4v) is 2.39. The van der Waals surface area contributed by atoms with Crippen molar-refractivity contribution in [3.8, 4) is 0 Å². The molecule has 0 saturated carbocycles. The second-order valence-corrected chi connectivity index (χ2v) is 5.54. The second kappa shape index (κ2) is 6.96. The van der Waals surface area contributed by atoms with Crippen LogP contribution in [-0.2, 0) is 4.74 Å². The van der Waals surface area contributed by atoms with Gasteiger partial charge in [0, 0.05) is 50.0 Å². The number of halogens is 1. The molecular formula is C12H17BrN4O3. The monoisotopic (exact) mass is 344 g/mol. The van der Waals surface area contributed by atoms with Crippen LogP contribution in [0.5, 0.6) is 0 Å². The van der Waals surface area contributed by atoms with Gasteiger partial charge in [0.15, 0.2) is 0 Å². The van der Waals surface area contributed by atoms with Crippen molar-refractivity contribution in [1.29, 1.82) is 0 Å². The van der Waals surface area contributed by atoms with Gasteiger partial charge in [0.1, 0.15) is 0 Å². The number of pyridine rings is 1. The number of morpholine rings is 1. The molecule has 8 heteroatoms. The van der Waals surface area contributed by atoms with E-state index < -0.39 is 4.92 Å². The van der Waals surface area contributed by atoms with Crippen LogP contribution in [0.1, 0.15) is 0 Å². The highest BCUT2D eigenvalue weighted by molar-refractivity contribution is 9.10. The Balaban J connectivity index is 2.01. The Kier molecular flexibility index (Phi) is 5.27. The highest BCUT2D eigenvalue weighted by Crippen LogP contribution is 2.27. The molecule has 0 amide bonds. The van der Waals surface area contributed by atoms with Gasteiger partial charge in [-0.1, -0.05) is 0 Å². The maximum Gasteiger partial charge on any atom is 0.312 e. The molecule has 0 radical (unpaired) electrons. The summed E-state index contributed by atoms with van der Waals surface area (Å²) in [6.07, 6.45) is 1.58. The number of hydrogen-bond donors (Lipinski definition) is 0. The van der Waals surface area contributed by atoms with E-state index >= 15 is 0 Å². The third kappa shape index (κ3) is 3.87. The first-order chi connectivity index (χ1) is 9.58. The summed E-state index contributed by atoms with van der Waals surface area (Å²) < 4.78 is 5.90. The highest BCUT2D eigenvalue weighted by Gasteiger charge is 2.20. The Morgan fingerprint density at radius 1 is 1.55 bits per heavy atom. The van der Waals surface area contributed by atoms with E-state index in [1.165, 1.54) is 6.07 Å². The molecule has 0 bridgehead atoms. The average molecular weight is 345 g/mol. The van der Waals surface area contributed by atoms with Gasteiger partial charge in [-0.3, -0.25) is 15.0 Å². The molecule has 1 aromatic heterocycles. The molecule has 1 fully saturated rings. The van der Waals surface area contributed by atoms with E-state index in [0.717, 1.165) is 32.8 Å². The van der Waals surface area contributed by atoms with E-state index in [2.05, 4.69) is 25.8 Å². The van der Waals surface area contributed by atoms with Crippen LogP contribution in [0, 0.1) is 10.1 Å². The summed E-state index contributed by atoms with van der Waals surface area (Å²) in [5.41, 5.74) is 0.0175. The van der Waals surface area contributed by atoms with Crippen LogP contribution in [-0.4, -0.2) is 61.2 Å². The average Bonchev–Trinajstić information content (AvgIpc) is 2.45. The molecule has 0 unspecified atom stereocenters. The Morgan fingerprint density at radius 2 is 2.25 bits per heavy atom. The number of aromatic nitrogens is 1. The van der Waals surface area contributed by atoms with Gasteiger partial charge in [0.05, 0.1) is 18.1 Å². The number of rotatable bonds is 5. The van der Waals surface area contributed by atoms with Crippen LogP contribution in [0.3, 0.4) is 0 Å². The summed E-state index contributed by atoms with van der Waals surface area (Å²) in [4.78, 5) is 18.9. The van der Waals surface area contributed by atoms with Crippen molar-refractivity contribution >= 4 is 27.4 Å². The zero-order valence-corrected chi connectivity index (χ0v) is 12.9. The highest BCUT2D eigenvalue weighted by atomic mass is 79.9. The summed E-state index contributed by atoms with van der Waals surface area (Å²) in [7, 11) is 1.82.